The molecule has 0 bridgehead atoms. The molecule has 3 heteroatoms. The van der Waals surface area contributed by atoms with Gasteiger partial charge >= 0.3 is 0 Å². The average Bonchev–Trinajstić information content (AvgIpc) is 3.01. The molecule has 1 heterocycles. The molecule has 1 aliphatic carbocycles. The molecule has 3 unspecified atom stereocenters. The van der Waals surface area contributed by atoms with Crippen molar-refractivity contribution in [3.05, 3.63) is 29.8 Å². The molecule has 0 spiro atoms. The predicted octanol–water partition coefficient (Wildman–Crippen LogP) is 2.86. The molecule has 0 aromatic heterocycles. The van der Waals surface area contributed by atoms with Gasteiger partial charge in [0, 0.05) is 24.3 Å². The smallest absolute Gasteiger partial charge is 0.123 e. The summed E-state index contributed by atoms with van der Waals surface area (Å²) in [6, 6.07) is 9.09. The summed E-state index contributed by atoms with van der Waals surface area (Å²) in [4.78, 5) is 0. The van der Waals surface area contributed by atoms with Crippen LogP contribution >= 0.6 is 11.8 Å². The van der Waals surface area contributed by atoms with Gasteiger partial charge in [-0.05, 0) is 30.7 Å². The van der Waals surface area contributed by atoms with Crippen molar-refractivity contribution in [1.82, 2.24) is 5.32 Å². The number of ether oxygens (including phenoxy) is 1. The number of fused-ring (bicyclic) bond motifs is 1. The van der Waals surface area contributed by atoms with E-state index >= 15 is 0 Å². The van der Waals surface area contributed by atoms with Crippen molar-refractivity contribution < 1.29 is 4.74 Å². The van der Waals surface area contributed by atoms with Crippen LogP contribution in [-0.2, 0) is 6.42 Å². The molecular weight excluding hydrogens is 242 g/mol. The van der Waals surface area contributed by atoms with Gasteiger partial charge in [-0.15, -0.1) is 0 Å². The van der Waals surface area contributed by atoms with Gasteiger partial charge in [-0.1, -0.05) is 24.6 Å². The summed E-state index contributed by atoms with van der Waals surface area (Å²) in [5.41, 5.74) is 1.36. The highest BCUT2D eigenvalue weighted by molar-refractivity contribution is 7.99. The number of hydrogen-bond acceptors (Lipinski definition) is 3. The van der Waals surface area contributed by atoms with E-state index in [0.29, 0.717) is 12.1 Å². The minimum Gasteiger partial charge on any atom is -0.488 e. The van der Waals surface area contributed by atoms with Crippen molar-refractivity contribution >= 4 is 11.8 Å². The summed E-state index contributed by atoms with van der Waals surface area (Å²) in [6.45, 7) is 0.983. The Morgan fingerprint density at radius 3 is 3.06 bits per heavy atom. The predicted molar refractivity (Wildman–Crippen MR) is 77.5 cm³/mol. The van der Waals surface area contributed by atoms with E-state index in [2.05, 4.69) is 35.8 Å². The summed E-state index contributed by atoms with van der Waals surface area (Å²) in [5, 5.41) is 4.51. The highest BCUT2D eigenvalue weighted by Gasteiger charge is 2.28. The van der Waals surface area contributed by atoms with Crippen LogP contribution in [0.5, 0.6) is 5.75 Å². The molecule has 1 aromatic rings. The minimum atomic E-state index is 0.325. The summed E-state index contributed by atoms with van der Waals surface area (Å²) in [5.74, 6) is 1.08. The zero-order valence-electron chi connectivity index (χ0n) is 10.9. The fourth-order valence-corrected chi connectivity index (χ4v) is 4.06. The topological polar surface area (TPSA) is 21.3 Å². The summed E-state index contributed by atoms with van der Waals surface area (Å²) < 4.78 is 5.97. The normalized spacial score (nSPS) is 30.2. The van der Waals surface area contributed by atoms with E-state index in [1.165, 1.54) is 24.8 Å². The Morgan fingerprint density at radius 1 is 1.33 bits per heavy atom. The Balaban J connectivity index is 1.51. The van der Waals surface area contributed by atoms with Crippen LogP contribution in [-0.4, -0.2) is 30.2 Å². The molecule has 0 radical (unpaired) electrons. The quantitative estimate of drug-likeness (QED) is 0.902. The van der Waals surface area contributed by atoms with Gasteiger partial charge in [0.05, 0.1) is 0 Å². The second-order valence-electron chi connectivity index (χ2n) is 5.27. The molecule has 0 amide bonds. The van der Waals surface area contributed by atoms with Gasteiger partial charge in [-0.3, -0.25) is 0 Å². The third-order valence-electron chi connectivity index (χ3n) is 4.08. The molecule has 1 saturated carbocycles. The van der Waals surface area contributed by atoms with Gasteiger partial charge in [0.2, 0.25) is 0 Å². The van der Waals surface area contributed by atoms with E-state index in [9.17, 15) is 0 Å². The first-order valence-corrected chi connectivity index (χ1v) is 8.16. The van der Waals surface area contributed by atoms with Crippen molar-refractivity contribution in [3.8, 4) is 5.75 Å². The Hall–Kier alpha value is -0.670. The van der Waals surface area contributed by atoms with Crippen molar-refractivity contribution in [3.63, 3.8) is 0 Å². The first kappa shape index (κ1) is 12.4. The molecule has 1 N–H and O–H groups in total. The van der Waals surface area contributed by atoms with Crippen LogP contribution < -0.4 is 10.1 Å². The van der Waals surface area contributed by atoms with Crippen LogP contribution in [0.3, 0.4) is 0 Å². The van der Waals surface area contributed by atoms with Crippen LogP contribution in [0.2, 0.25) is 0 Å². The van der Waals surface area contributed by atoms with Gasteiger partial charge < -0.3 is 10.1 Å². The van der Waals surface area contributed by atoms with Crippen molar-refractivity contribution in [2.75, 3.05) is 12.8 Å². The largest absolute Gasteiger partial charge is 0.488 e. The first-order valence-electron chi connectivity index (χ1n) is 6.87. The molecular formula is C15H21NOS. The van der Waals surface area contributed by atoms with Crippen LogP contribution in [0.15, 0.2) is 24.3 Å². The van der Waals surface area contributed by atoms with Gasteiger partial charge in [0.15, 0.2) is 0 Å². The van der Waals surface area contributed by atoms with Crippen molar-refractivity contribution in [2.24, 2.45) is 0 Å². The number of benzene rings is 1. The van der Waals surface area contributed by atoms with Gasteiger partial charge in [0.1, 0.15) is 11.9 Å². The molecule has 98 valence electrons. The fourth-order valence-electron chi connectivity index (χ4n) is 3.09. The maximum atomic E-state index is 5.97. The molecule has 1 fully saturated rings. The lowest BCUT2D eigenvalue weighted by molar-refractivity contribution is 0.222. The molecule has 18 heavy (non-hydrogen) atoms. The van der Waals surface area contributed by atoms with Crippen LogP contribution in [0.4, 0.5) is 0 Å². The number of para-hydroxylation sites is 1. The standard InChI is InChI=1S/C15H21NOS/c1-18-15-8-4-6-13(15)16-10-12-9-11-5-2-3-7-14(11)17-12/h2-3,5,7,12-13,15-16H,4,6,8-10H2,1H3. The Labute approximate surface area is 113 Å². The summed E-state index contributed by atoms with van der Waals surface area (Å²) in [7, 11) is 0. The van der Waals surface area contributed by atoms with E-state index in [0.717, 1.165) is 24.0 Å². The highest BCUT2D eigenvalue weighted by Crippen LogP contribution is 2.30. The zero-order valence-corrected chi connectivity index (χ0v) is 11.7. The Morgan fingerprint density at radius 2 is 2.22 bits per heavy atom. The van der Waals surface area contributed by atoms with E-state index in [-0.39, 0.29) is 0 Å². The molecule has 0 saturated heterocycles. The number of thioether (sulfide) groups is 1. The molecule has 2 aliphatic rings. The maximum Gasteiger partial charge on any atom is 0.123 e. The number of nitrogens with one attached hydrogen (secondary N) is 1. The average molecular weight is 263 g/mol. The van der Waals surface area contributed by atoms with Gasteiger partial charge in [0.25, 0.3) is 0 Å². The van der Waals surface area contributed by atoms with E-state index in [4.69, 9.17) is 4.74 Å². The lowest BCUT2D eigenvalue weighted by atomic mass is 10.1. The number of rotatable bonds is 4. The van der Waals surface area contributed by atoms with Gasteiger partial charge in [-0.2, -0.15) is 11.8 Å². The Bertz CT molecular complexity index is 384. The minimum absolute atomic E-state index is 0.325. The SMILES string of the molecule is CSC1CCCC1NCC1Cc2ccccc2O1. The summed E-state index contributed by atoms with van der Waals surface area (Å²) >= 11 is 2.01. The second-order valence-corrected chi connectivity index (χ2v) is 6.35. The lowest BCUT2D eigenvalue weighted by Gasteiger charge is -2.21. The lowest BCUT2D eigenvalue weighted by Crippen LogP contribution is -2.40. The molecule has 2 nitrogen and oxygen atoms in total. The first-order chi connectivity index (χ1) is 8.86. The molecule has 1 aliphatic heterocycles. The third-order valence-corrected chi connectivity index (χ3v) is 5.25. The van der Waals surface area contributed by atoms with E-state index in [1.807, 2.05) is 11.8 Å². The van der Waals surface area contributed by atoms with Crippen molar-refractivity contribution in [1.29, 1.82) is 0 Å². The monoisotopic (exact) mass is 263 g/mol. The molecule has 3 atom stereocenters. The van der Waals surface area contributed by atoms with E-state index in [1.54, 1.807) is 0 Å². The maximum absolute atomic E-state index is 5.97. The second kappa shape index (κ2) is 5.54. The van der Waals surface area contributed by atoms with Crippen LogP contribution in [0.25, 0.3) is 0 Å². The summed E-state index contributed by atoms with van der Waals surface area (Å²) in [6.07, 6.45) is 7.67. The van der Waals surface area contributed by atoms with E-state index < -0.39 is 0 Å². The molecule has 3 rings (SSSR count). The Kier molecular flexibility index (Phi) is 3.80. The third kappa shape index (κ3) is 2.52. The van der Waals surface area contributed by atoms with Crippen LogP contribution in [0.1, 0.15) is 24.8 Å². The molecule has 1 aromatic carbocycles. The zero-order chi connectivity index (χ0) is 12.4. The van der Waals surface area contributed by atoms with Crippen molar-refractivity contribution in [2.45, 2.75) is 43.1 Å². The van der Waals surface area contributed by atoms with Crippen LogP contribution in [0, 0.1) is 0 Å². The van der Waals surface area contributed by atoms with Gasteiger partial charge in [-0.25, -0.2) is 0 Å². The number of hydrogen-bond donors (Lipinski definition) is 1. The fraction of sp³-hybridized carbons (Fsp3) is 0.600. The highest BCUT2D eigenvalue weighted by atomic mass is 32.2.